The number of ether oxygens (including phenoxy) is 1. The summed E-state index contributed by atoms with van der Waals surface area (Å²) in [4.78, 5) is 0. The minimum atomic E-state index is 0.566. The van der Waals surface area contributed by atoms with Crippen molar-refractivity contribution in [1.82, 2.24) is 5.32 Å². The van der Waals surface area contributed by atoms with Gasteiger partial charge in [0.2, 0.25) is 0 Å². The molecule has 0 spiro atoms. The maximum Gasteiger partial charge on any atom is 0.119 e. The van der Waals surface area contributed by atoms with Gasteiger partial charge in [0, 0.05) is 6.04 Å². The smallest absolute Gasteiger partial charge is 0.119 e. The summed E-state index contributed by atoms with van der Waals surface area (Å²) in [6.45, 7) is 8.51. The van der Waals surface area contributed by atoms with Gasteiger partial charge in [-0.3, -0.25) is 0 Å². The largest absolute Gasteiger partial charge is 0.494 e. The van der Waals surface area contributed by atoms with Gasteiger partial charge < -0.3 is 10.1 Å². The Labute approximate surface area is 111 Å². The lowest BCUT2D eigenvalue weighted by molar-refractivity contribution is 0.339. The van der Waals surface area contributed by atoms with E-state index >= 15 is 0 Å². The van der Waals surface area contributed by atoms with Crippen LogP contribution in [0.5, 0.6) is 5.75 Å². The summed E-state index contributed by atoms with van der Waals surface area (Å²) >= 11 is 0. The monoisotopic (exact) mass is 247 g/mol. The van der Waals surface area contributed by atoms with E-state index in [9.17, 15) is 0 Å². The van der Waals surface area contributed by atoms with Gasteiger partial charge in [-0.2, -0.15) is 0 Å². The number of hydrogen-bond donors (Lipinski definition) is 1. The van der Waals surface area contributed by atoms with Gasteiger partial charge >= 0.3 is 0 Å². The fraction of sp³-hybridized carbons (Fsp3) is 0.625. The van der Waals surface area contributed by atoms with Crippen molar-refractivity contribution in [3.05, 3.63) is 29.8 Å². The summed E-state index contributed by atoms with van der Waals surface area (Å²) < 4.78 is 5.57. The van der Waals surface area contributed by atoms with Gasteiger partial charge in [-0.15, -0.1) is 0 Å². The van der Waals surface area contributed by atoms with Crippen LogP contribution in [0.15, 0.2) is 24.3 Å². The Morgan fingerprint density at radius 3 is 2.78 bits per heavy atom. The molecule has 2 atom stereocenters. The second kappa shape index (κ2) is 6.24. The van der Waals surface area contributed by atoms with Crippen molar-refractivity contribution in [2.75, 3.05) is 13.2 Å². The minimum Gasteiger partial charge on any atom is -0.494 e. The SMILES string of the molecule is CCOc1cccc(C(C)C(C)CNC2CC2)c1. The van der Waals surface area contributed by atoms with Crippen molar-refractivity contribution in [2.45, 2.75) is 45.6 Å². The number of hydrogen-bond acceptors (Lipinski definition) is 2. The molecular weight excluding hydrogens is 222 g/mol. The Bertz CT molecular complexity index is 373. The molecule has 0 radical (unpaired) electrons. The molecule has 2 unspecified atom stereocenters. The van der Waals surface area contributed by atoms with Gasteiger partial charge in [-0.05, 0) is 55.8 Å². The Kier molecular flexibility index (Phi) is 4.65. The van der Waals surface area contributed by atoms with Crippen LogP contribution in [0.3, 0.4) is 0 Å². The topological polar surface area (TPSA) is 21.3 Å². The molecule has 1 aromatic carbocycles. The molecule has 1 aliphatic rings. The second-order valence-electron chi connectivity index (χ2n) is 5.45. The van der Waals surface area contributed by atoms with Crippen molar-refractivity contribution in [2.24, 2.45) is 5.92 Å². The van der Waals surface area contributed by atoms with Crippen LogP contribution in [0.2, 0.25) is 0 Å². The predicted octanol–water partition coefficient (Wildman–Crippen LogP) is 3.58. The summed E-state index contributed by atoms with van der Waals surface area (Å²) in [6, 6.07) is 9.32. The molecule has 1 fully saturated rings. The van der Waals surface area contributed by atoms with E-state index in [4.69, 9.17) is 4.74 Å². The molecule has 0 bridgehead atoms. The Hall–Kier alpha value is -1.02. The van der Waals surface area contributed by atoms with Crippen LogP contribution in [0.4, 0.5) is 0 Å². The summed E-state index contributed by atoms with van der Waals surface area (Å²) in [5.74, 6) is 2.21. The van der Waals surface area contributed by atoms with Crippen LogP contribution < -0.4 is 10.1 Å². The quantitative estimate of drug-likeness (QED) is 0.795. The van der Waals surface area contributed by atoms with E-state index in [1.165, 1.54) is 18.4 Å². The van der Waals surface area contributed by atoms with E-state index in [-0.39, 0.29) is 0 Å². The Balaban J connectivity index is 1.92. The van der Waals surface area contributed by atoms with Crippen molar-refractivity contribution in [3.63, 3.8) is 0 Å². The Morgan fingerprint density at radius 2 is 2.11 bits per heavy atom. The highest BCUT2D eigenvalue weighted by Crippen LogP contribution is 2.27. The van der Waals surface area contributed by atoms with Crippen molar-refractivity contribution in [3.8, 4) is 5.75 Å². The number of benzene rings is 1. The number of rotatable bonds is 7. The third kappa shape index (κ3) is 3.74. The van der Waals surface area contributed by atoms with Gasteiger partial charge in [-0.25, -0.2) is 0 Å². The normalized spacial score (nSPS) is 18.4. The molecule has 1 aromatic rings. The molecule has 0 heterocycles. The van der Waals surface area contributed by atoms with Gasteiger partial charge in [0.05, 0.1) is 6.61 Å². The minimum absolute atomic E-state index is 0.566. The highest BCUT2D eigenvalue weighted by Gasteiger charge is 2.22. The van der Waals surface area contributed by atoms with Crippen LogP contribution in [0, 0.1) is 5.92 Å². The molecule has 0 aromatic heterocycles. The first-order chi connectivity index (χ1) is 8.70. The summed E-state index contributed by atoms with van der Waals surface area (Å²) in [5, 5.41) is 3.62. The van der Waals surface area contributed by atoms with Crippen molar-refractivity contribution >= 4 is 0 Å². The average molecular weight is 247 g/mol. The van der Waals surface area contributed by atoms with E-state index in [0.717, 1.165) is 24.9 Å². The molecule has 0 saturated heterocycles. The molecule has 18 heavy (non-hydrogen) atoms. The number of nitrogens with one attached hydrogen (secondary N) is 1. The van der Waals surface area contributed by atoms with Gasteiger partial charge in [0.15, 0.2) is 0 Å². The Morgan fingerprint density at radius 1 is 1.33 bits per heavy atom. The fourth-order valence-electron chi connectivity index (χ4n) is 2.20. The zero-order chi connectivity index (χ0) is 13.0. The molecule has 1 aliphatic carbocycles. The maximum atomic E-state index is 5.57. The van der Waals surface area contributed by atoms with E-state index < -0.39 is 0 Å². The van der Waals surface area contributed by atoms with Gasteiger partial charge in [0.1, 0.15) is 5.75 Å². The van der Waals surface area contributed by atoms with E-state index in [0.29, 0.717) is 11.8 Å². The highest BCUT2D eigenvalue weighted by atomic mass is 16.5. The first-order valence-electron chi connectivity index (χ1n) is 7.16. The molecule has 0 aliphatic heterocycles. The van der Waals surface area contributed by atoms with E-state index in [2.05, 4.69) is 37.4 Å². The molecule has 2 nitrogen and oxygen atoms in total. The van der Waals surface area contributed by atoms with Gasteiger partial charge in [-0.1, -0.05) is 26.0 Å². The standard InChI is InChI=1S/C16H25NO/c1-4-18-16-7-5-6-14(10-16)13(3)12(2)11-17-15-8-9-15/h5-7,10,12-13,15,17H,4,8-9,11H2,1-3H3. The molecule has 1 N–H and O–H groups in total. The van der Waals surface area contributed by atoms with Crippen LogP contribution in [0.1, 0.15) is 45.1 Å². The highest BCUT2D eigenvalue weighted by molar-refractivity contribution is 5.31. The molecular formula is C16H25NO. The fourth-order valence-corrected chi connectivity index (χ4v) is 2.20. The first kappa shape index (κ1) is 13.4. The molecule has 0 amide bonds. The third-order valence-corrected chi connectivity index (χ3v) is 3.85. The zero-order valence-corrected chi connectivity index (χ0v) is 11.8. The van der Waals surface area contributed by atoms with E-state index in [1.807, 2.05) is 13.0 Å². The van der Waals surface area contributed by atoms with Crippen LogP contribution in [-0.4, -0.2) is 19.2 Å². The zero-order valence-electron chi connectivity index (χ0n) is 11.8. The lowest BCUT2D eigenvalue weighted by Gasteiger charge is -2.21. The lowest BCUT2D eigenvalue weighted by Crippen LogP contribution is -2.26. The molecule has 1 saturated carbocycles. The summed E-state index contributed by atoms with van der Waals surface area (Å²) in [5.41, 5.74) is 1.38. The van der Waals surface area contributed by atoms with E-state index in [1.54, 1.807) is 0 Å². The van der Waals surface area contributed by atoms with Crippen LogP contribution in [-0.2, 0) is 0 Å². The first-order valence-corrected chi connectivity index (χ1v) is 7.16. The average Bonchev–Trinajstić information content (AvgIpc) is 3.20. The van der Waals surface area contributed by atoms with Crippen LogP contribution in [0.25, 0.3) is 0 Å². The maximum absolute atomic E-state index is 5.57. The summed E-state index contributed by atoms with van der Waals surface area (Å²) in [6.07, 6.45) is 2.72. The molecule has 2 heteroatoms. The van der Waals surface area contributed by atoms with Gasteiger partial charge in [0.25, 0.3) is 0 Å². The third-order valence-electron chi connectivity index (χ3n) is 3.85. The summed E-state index contributed by atoms with van der Waals surface area (Å²) in [7, 11) is 0. The van der Waals surface area contributed by atoms with Crippen molar-refractivity contribution < 1.29 is 4.74 Å². The molecule has 2 rings (SSSR count). The van der Waals surface area contributed by atoms with Crippen molar-refractivity contribution in [1.29, 1.82) is 0 Å². The second-order valence-corrected chi connectivity index (χ2v) is 5.45. The lowest BCUT2D eigenvalue weighted by atomic mass is 9.89. The van der Waals surface area contributed by atoms with Crippen LogP contribution >= 0.6 is 0 Å². The molecule has 100 valence electrons. The predicted molar refractivity (Wildman–Crippen MR) is 76.2 cm³/mol.